The van der Waals surface area contributed by atoms with E-state index < -0.39 is 0 Å². The molecule has 9 heteroatoms. The van der Waals surface area contributed by atoms with E-state index in [1.165, 1.54) is 0 Å². The monoisotopic (exact) mass is 424 g/mol. The van der Waals surface area contributed by atoms with Crippen LogP contribution in [-0.2, 0) is 9.47 Å². The van der Waals surface area contributed by atoms with Crippen molar-refractivity contribution in [3.8, 4) is 11.3 Å². The van der Waals surface area contributed by atoms with Crippen molar-refractivity contribution < 1.29 is 14.3 Å². The summed E-state index contributed by atoms with van der Waals surface area (Å²) in [7, 11) is 0. The Kier molecular flexibility index (Phi) is 5.05. The van der Waals surface area contributed by atoms with Gasteiger partial charge in [-0.3, -0.25) is 4.68 Å². The maximum Gasteiger partial charge on any atom is 0.410 e. The van der Waals surface area contributed by atoms with Gasteiger partial charge >= 0.3 is 6.09 Å². The first-order valence-electron chi connectivity index (χ1n) is 10.8. The number of aromatic amines is 1. The minimum Gasteiger partial charge on any atom is -0.441 e. The van der Waals surface area contributed by atoms with Gasteiger partial charge in [-0.25, -0.2) is 9.78 Å². The molecule has 5 heterocycles. The number of ether oxygens (including phenoxy) is 2. The Bertz CT molecular complexity index is 1090. The number of amides is 1. The number of piperazine rings is 1. The Morgan fingerprint density at radius 2 is 2.03 bits per heavy atom. The Morgan fingerprint density at radius 3 is 2.68 bits per heavy atom. The minimum atomic E-state index is -0.241. The zero-order chi connectivity index (χ0) is 21.5. The summed E-state index contributed by atoms with van der Waals surface area (Å²) < 4.78 is 12.5. The maximum absolute atomic E-state index is 12.3. The lowest BCUT2D eigenvalue weighted by Crippen LogP contribution is -2.51. The number of aromatic nitrogens is 4. The smallest absolute Gasteiger partial charge is 0.410 e. The second-order valence-corrected chi connectivity index (χ2v) is 8.49. The first-order chi connectivity index (χ1) is 15.0. The van der Waals surface area contributed by atoms with Crippen LogP contribution in [0.1, 0.15) is 25.6 Å². The number of carbonyl (C=O) groups is 1. The lowest BCUT2D eigenvalue weighted by Gasteiger charge is -2.37. The third-order valence-corrected chi connectivity index (χ3v) is 6.00. The van der Waals surface area contributed by atoms with E-state index in [4.69, 9.17) is 9.47 Å². The molecule has 0 unspecified atom stereocenters. The molecular formula is C22H28N6O3. The number of pyridine rings is 1. The molecule has 0 saturated carbocycles. The molecule has 0 aliphatic carbocycles. The molecule has 0 radical (unpaired) electrons. The summed E-state index contributed by atoms with van der Waals surface area (Å²) in [6.45, 7) is 10.1. The summed E-state index contributed by atoms with van der Waals surface area (Å²) in [6, 6.07) is 4.51. The van der Waals surface area contributed by atoms with Gasteiger partial charge in [0.1, 0.15) is 5.65 Å². The third-order valence-electron chi connectivity index (χ3n) is 6.00. The van der Waals surface area contributed by atoms with Crippen molar-refractivity contribution in [2.45, 2.75) is 32.9 Å². The summed E-state index contributed by atoms with van der Waals surface area (Å²) in [4.78, 5) is 24.4. The van der Waals surface area contributed by atoms with Crippen LogP contribution in [0.5, 0.6) is 0 Å². The highest BCUT2D eigenvalue weighted by Gasteiger charge is 2.28. The fraction of sp³-hybridized carbons (Fsp3) is 0.500. The Labute approximate surface area is 180 Å². The number of rotatable bonds is 4. The molecule has 2 fully saturated rings. The molecular weight excluding hydrogens is 396 g/mol. The quantitative estimate of drug-likeness (QED) is 0.693. The topological polar surface area (TPSA) is 88.5 Å². The van der Waals surface area contributed by atoms with Crippen LogP contribution in [0.25, 0.3) is 22.3 Å². The molecule has 0 bridgehead atoms. The van der Waals surface area contributed by atoms with E-state index in [1.54, 1.807) is 4.90 Å². The molecule has 164 valence electrons. The molecule has 0 spiro atoms. The van der Waals surface area contributed by atoms with Crippen molar-refractivity contribution in [2.24, 2.45) is 0 Å². The van der Waals surface area contributed by atoms with Gasteiger partial charge in [0, 0.05) is 61.3 Å². The van der Waals surface area contributed by atoms with Crippen LogP contribution in [-0.4, -0.2) is 76.2 Å². The average Bonchev–Trinajstić information content (AvgIpc) is 3.34. The van der Waals surface area contributed by atoms with E-state index in [0.29, 0.717) is 32.3 Å². The SMILES string of the molecule is Cc1nn(C(C)C)cc1-c1cc2c(N3CCN(C(=O)OC4COC4)CC3)ccnc2[nH]1. The van der Waals surface area contributed by atoms with Crippen LogP contribution in [0, 0.1) is 6.92 Å². The highest BCUT2D eigenvalue weighted by molar-refractivity contribution is 5.94. The van der Waals surface area contributed by atoms with Crippen molar-refractivity contribution in [1.29, 1.82) is 0 Å². The predicted molar refractivity (Wildman–Crippen MR) is 117 cm³/mol. The number of H-pyrrole nitrogens is 1. The number of fused-ring (bicyclic) bond motifs is 1. The summed E-state index contributed by atoms with van der Waals surface area (Å²) in [5, 5.41) is 5.71. The molecule has 2 aliphatic rings. The fourth-order valence-electron chi connectivity index (χ4n) is 4.07. The second kappa shape index (κ2) is 7.88. The van der Waals surface area contributed by atoms with Gasteiger partial charge in [0.15, 0.2) is 6.10 Å². The van der Waals surface area contributed by atoms with E-state index in [-0.39, 0.29) is 12.2 Å². The molecule has 2 aliphatic heterocycles. The Balaban J connectivity index is 1.34. The normalized spacial score (nSPS) is 17.4. The lowest BCUT2D eigenvalue weighted by atomic mass is 10.1. The van der Waals surface area contributed by atoms with Crippen LogP contribution in [0.3, 0.4) is 0 Å². The first-order valence-corrected chi connectivity index (χ1v) is 10.8. The summed E-state index contributed by atoms with van der Waals surface area (Å²) in [6.07, 6.45) is 3.59. The van der Waals surface area contributed by atoms with E-state index in [1.807, 2.05) is 23.9 Å². The Morgan fingerprint density at radius 1 is 1.26 bits per heavy atom. The van der Waals surface area contributed by atoms with E-state index in [2.05, 4.69) is 46.1 Å². The van der Waals surface area contributed by atoms with Gasteiger partial charge in [0.2, 0.25) is 0 Å². The van der Waals surface area contributed by atoms with E-state index in [0.717, 1.165) is 46.8 Å². The summed E-state index contributed by atoms with van der Waals surface area (Å²) in [5.74, 6) is 0. The average molecular weight is 425 g/mol. The number of nitrogens with zero attached hydrogens (tertiary/aromatic N) is 5. The van der Waals surface area contributed by atoms with Gasteiger partial charge in [-0.15, -0.1) is 0 Å². The molecule has 1 N–H and O–H groups in total. The van der Waals surface area contributed by atoms with Crippen molar-refractivity contribution in [3.63, 3.8) is 0 Å². The molecule has 0 aromatic carbocycles. The van der Waals surface area contributed by atoms with Crippen LogP contribution in [0.4, 0.5) is 10.5 Å². The fourth-order valence-corrected chi connectivity index (χ4v) is 4.07. The number of aryl methyl sites for hydroxylation is 1. The number of hydrogen-bond donors (Lipinski definition) is 1. The molecule has 9 nitrogen and oxygen atoms in total. The van der Waals surface area contributed by atoms with E-state index >= 15 is 0 Å². The minimum absolute atomic E-state index is 0.0906. The van der Waals surface area contributed by atoms with Crippen LogP contribution in [0.2, 0.25) is 0 Å². The molecule has 2 saturated heterocycles. The zero-order valence-corrected chi connectivity index (χ0v) is 18.2. The maximum atomic E-state index is 12.3. The molecule has 31 heavy (non-hydrogen) atoms. The van der Waals surface area contributed by atoms with Crippen molar-refractivity contribution in [3.05, 3.63) is 30.2 Å². The van der Waals surface area contributed by atoms with Crippen molar-refractivity contribution in [1.82, 2.24) is 24.6 Å². The third kappa shape index (κ3) is 3.74. The highest BCUT2D eigenvalue weighted by Crippen LogP contribution is 2.32. The van der Waals surface area contributed by atoms with Crippen LogP contribution in [0.15, 0.2) is 24.5 Å². The zero-order valence-electron chi connectivity index (χ0n) is 18.2. The standard InChI is InChI=1S/C22H28N6O3/c1-14(2)28-11-18(15(3)25-28)19-10-17-20(4-5-23-21(17)24-19)26-6-8-27(9-7-26)22(29)31-16-12-30-13-16/h4-5,10-11,14,16H,6-9,12-13H2,1-3H3,(H,23,24). The van der Waals surface area contributed by atoms with Crippen molar-refractivity contribution in [2.75, 3.05) is 44.3 Å². The number of carbonyl (C=O) groups excluding carboxylic acids is 1. The van der Waals surface area contributed by atoms with Crippen molar-refractivity contribution >= 4 is 22.8 Å². The largest absolute Gasteiger partial charge is 0.441 e. The molecule has 1 amide bonds. The molecule has 3 aromatic heterocycles. The molecule has 3 aromatic rings. The summed E-state index contributed by atoms with van der Waals surface area (Å²) >= 11 is 0. The van der Waals surface area contributed by atoms with Gasteiger partial charge < -0.3 is 24.3 Å². The van der Waals surface area contributed by atoms with Crippen LogP contribution < -0.4 is 4.90 Å². The summed E-state index contributed by atoms with van der Waals surface area (Å²) in [5.41, 5.74) is 5.08. The van der Waals surface area contributed by atoms with Gasteiger partial charge in [0.05, 0.1) is 24.6 Å². The molecule has 5 rings (SSSR count). The number of nitrogens with one attached hydrogen (secondary N) is 1. The Hall–Kier alpha value is -3.07. The van der Waals surface area contributed by atoms with Gasteiger partial charge in [-0.1, -0.05) is 0 Å². The van der Waals surface area contributed by atoms with Gasteiger partial charge in [-0.2, -0.15) is 5.10 Å². The van der Waals surface area contributed by atoms with Crippen LogP contribution >= 0.6 is 0 Å². The first kappa shape index (κ1) is 19.9. The number of hydrogen-bond acceptors (Lipinski definition) is 6. The predicted octanol–water partition coefficient (Wildman–Crippen LogP) is 2.97. The number of anilines is 1. The second-order valence-electron chi connectivity index (χ2n) is 8.49. The molecule has 0 atom stereocenters. The van der Waals surface area contributed by atoms with Gasteiger partial charge in [0.25, 0.3) is 0 Å². The van der Waals surface area contributed by atoms with Gasteiger partial charge in [-0.05, 0) is 32.9 Å². The van der Waals surface area contributed by atoms with E-state index in [9.17, 15) is 4.79 Å². The highest BCUT2D eigenvalue weighted by atomic mass is 16.6. The lowest BCUT2D eigenvalue weighted by molar-refractivity contribution is -0.104.